The van der Waals surface area contributed by atoms with Crippen LogP contribution in [0.2, 0.25) is 0 Å². The Hall–Kier alpha value is -1.52. The van der Waals surface area contributed by atoms with Crippen LogP contribution in [0.4, 0.5) is 11.6 Å². The molecule has 110 valence electrons. The third-order valence-electron chi connectivity index (χ3n) is 4.82. The zero-order valence-electron chi connectivity index (χ0n) is 12.4. The van der Waals surface area contributed by atoms with Crippen LogP contribution in [-0.2, 0) is 0 Å². The van der Waals surface area contributed by atoms with Gasteiger partial charge in [0.2, 0.25) is 5.75 Å². The molecule has 2 unspecified atom stereocenters. The molecule has 1 aromatic heterocycles. The predicted molar refractivity (Wildman–Crippen MR) is 80.4 cm³/mol. The number of rotatable bonds is 3. The van der Waals surface area contributed by atoms with E-state index in [0.717, 1.165) is 42.3 Å². The first kappa shape index (κ1) is 13.5. The van der Waals surface area contributed by atoms with Gasteiger partial charge in [-0.1, -0.05) is 19.3 Å². The molecule has 1 saturated heterocycles. The molecular weight excluding hydrogens is 252 g/mol. The number of nitrogens with one attached hydrogen (secondary N) is 1. The summed E-state index contributed by atoms with van der Waals surface area (Å²) >= 11 is 0. The largest absolute Gasteiger partial charge is 0.490 e. The molecule has 2 aliphatic rings. The Balaban J connectivity index is 1.82. The second-order valence-electron chi connectivity index (χ2n) is 5.87. The molecule has 3 rings (SSSR count). The molecule has 1 N–H and O–H groups in total. The third kappa shape index (κ3) is 2.41. The van der Waals surface area contributed by atoms with Crippen molar-refractivity contribution in [2.75, 3.05) is 37.5 Å². The van der Waals surface area contributed by atoms with E-state index in [0.29, 0.717) is 0 Å². The molecule has 1 aromatic rings. The Morgan fingerprint density at radius 3 is 2.75 bits per heavy atom. The number of hydrogen-bond donors (Lipinski definition) is 1. The molecule has 5 heteroatoms. The Morgan fingerprint density at radius 1 is 1.20 bits per heavy atom. The molecule has 1 aliphatic carbocycles. The first-order valence-corrected chi connectivity index (χ1v) is 7.65. The van der Waals surface area contributed by atoms with Crippen molar-refractivity contribution in [1.29, 1.82) is 0 Å². The van der Waals surface area contributed by atoms with Crippen LogP contribution >= 0.6 is 0 Å². The standard InChI is InChI=1S/C15H24N4O/c1-16-14-13(20-2)15(18-10-17-14)19-8-7-11-5-3-4-6-12(11)9-19/h10-12H,3-9H2,1-2H3,(H,16,17,18). The lowest BCUT2D eigenvalue weighted by molar-refractivity contribution is 0.201. The normalized spacial score (nSPS) is 26.0. The van der Waals surface area contributed by atoms with E-state index in [-0.39, 0.29) is 0 Å². The highest BCUT2D eigenvalue weighted by molar-refractivity contribution is 5.64. The van der Waals surface area contributed by atoms with Crippen molar-refractivity contribution in [2.45, 2.75) is 32.1 Å². The van der Waals surface area contributed by atoms with Crippen LogP contribution in [0.25, 0.3) is 0 Å². The van der Waals surface area contributed by atoms with E-state index < -0.39 is 0 Å². The summed E-state index contributed by atoms with van der Waals surface area (Å²) in [7, 11) is 3.55. The van der Waals surface area contributed by atoms with Crippen LogP contribution in [0, 0.1) is 11.8 Å². The number of ether oxygens (including phenoxy) is 1. The average molecular weight is 276 g/mol. The van der Waals surface area contributed by atoms with Crippen LogP contribution in [0.15, 0.2) is 6.33 Å². The van der Waals surface area contributed by atoms with Gasteiger partial charge in [-0.3, -0.25) is 0 Å². The van der Waals surface area contributed by atoms with Crippen molar-refractivity contribution in [1.82, 2.24) is 9.97 Å². The fraction of sp³-hybridized carbons (Fsp3) is 0.733. The van der Waals surface area contributed by atoms with E-state index in [1.54, 1.807) is 13.4 Å². The third-order valence-corrected chi connectivity index (χ3v) is 4.82. The van der Waals surface area contributed by atoms with Crippen molar-refractivity contribution in [3.8, 4) is 5.75 Å². The maximum atomic E-state index is 5.53. The van der Waals surface area contributed by atoms with Gasteiger partial charge in [-0.15, -0.1) is 0 Å². The van der Waals surface area contributed by atoms with Crippen molar-refractivity contribution in [3.05, 3.63) is 6.33 Å². The van der Waals surface area contributed by atoms with Gasteiger partial charge in [-0.2, -0.15) is 0 Å². The molecule has 0 bridgehead atoms. The zero-order chi connectivity index (χ0) is 13.9. The molecule has 2 heterocycles. The highest BCUT2D eigenvalue weighted by Gasteiger charge is 2.32. The minimum atomic E-state index is 0.767. The minimum Gasteiger partial charge on any atom is -0.490 e. The van der Waals surface area contributed by atoms with Gasteiger partial charge >= 0.3 is 0 Å². The van der Waals surface area contributed by atoms with Gasteiger partial charge in [-0.05, 0) is 24.7 Å². The SMILES string of the molecule is CNc1ncnc(N2CCC3CCCCC3C2)c1OC. The Labute approximate surface area is 120 Å². The molecule has 0 amide bonds. The van der Waals surface area contributed by atoms with Crippen LogP contribution in [0.3, 0.4) is 0 Å². The molecular formula is C15H24N4O. The summed E-state index contributed by atoms with van der Waals surface area (Å²) in [6, 6.07) is 0. The number of fused-ring (bicyclic) bond motifs is 1. The number of aromatic nitrogens is 2. The monoisotopic (exact) mass is 276 g/mol. The van der Waals surface area contributed by atoms with Crippen molar-refractivity contribution in [3.63, 3.8) is 0 Å². The lowest BCUT2D eigenvalue weighted by Crippen LogP contribution is -2.42. The quantitative estimate of drug-likeness (QED) is 0.919. The Morgan fingerprint density at radius 2 is 2.00 bits per heavy atom. The summed E-state index contributed by atoms with van der Waals surface area (Å²) in [5, 5.41) is 3.08. The second kappa shape index (κ2) is 5.85. The molecule has 5 nitrogen and oxygen atoms in total. The maximum absolute atomic E-state index is 5.53. The maximum Gasteiger partial charge on any atom is 0.204 e. The summed E-state index contributed by atoms with van der Waals surface area (Å²) in [5.41, 5.74) is 0. The molecule has 0 aromatic carbocycles. The van der Waals surface area contributed by atoms with Crippen molar-refractivity contribution < 1.29 is 4.74 Å². The number of nitrogens with zero attached hydrogens (tertiary/aromatic N) is 3. The first-order chi connectivity index (χ1) is 9.83. The average Bonchev–Trinajstić information content (AvgIpc) is 2.53. The highest BCUT2D eigenvalue weighted by atomic mass is 16.5. The second-order valence-corrected chi connectivity index (χ2v) is 5.87. The predicted octanol–water partition coefficient (Wildman–Crippen LogP) is 2.54. The van der Waals surface area contributed by atoms with Gasteiger partial charge in [0.05, 0.1) is 7.11 Å². The van der Waals surface area contributed by atoms with Gasteiger partial charge < -0.3 is 15.0 Å². The molecule has 2 fully saturated rings. The van der Waals surface area contributed by atoms with Crippen LogP contribution in [0.1, 0.15) is 32.1 Å². The van der Waals surface area contributed by atoms with E-state index in [1.807, 2.05) is 7.05 Å². The highest BCUT2D eigenvalue weighted by Crippen LogP contribution is 2.40. The molecule has 2 atom stereocenters. The Kier molecular flexibility index (Phi) is 3.94. The van der Waals surface area contributed by atoms with Gasteiger partial charge in [0.15, 0.2) is 11.6 Å². The summed E-state index contributed by atoms with van der Waals surface area (Å²) in [5.74, 6) is 4.23. The molecule has 0 radical (unpaired) electrons. The molecule has 0 spiro atoms. The fourth-order valence-electron chi connectivity index (χ4n) is 3.75. The summed E-state index contributed by atoms with van der Waals surface area (Å²) < 4.78 is 5.53. The molecule has 1 saturated carbocycles. The summed E-state index contributed by atoms with van der Waals surface area (Å²) in [6.07, 6.45) is 8.50. The topological polar surface area (TPSA) is 50.3 Å². The van der Waals surface area contributed by atoms with Gasteiger partial charge in [-0.25, -0.2) is 9.97 Å². The van der Waals surface area contributed by atoms with E-state index >= 15 is 0 Å². The number of piperidine rings is 1. The van der Waals surface area contributed by atoms with Crippen LogP contribution in [0.5, 0.6) is 5.75 Å². The number of hydrogen-bond acceptors (Lipinski definition) is 5. The van der Waals surface area contributed by atoms with E-state index in [9.17, 15) is 0 Å². The van der Waals surface area contributed by atoms with E-state index in [4.69, 9.17) is 4.74 Å². The van der Waals surface area contributed by atoms with E-state index in [2.05, 4.69) is 20.2 Å². The first-order valence-electron chi connectivity index (χ1n) is 7.65. The lowest BCUT2D eigenvalue weighted by Gasteiger charge is -2.42. The smallest absolute Gasteiger partial charge is 0.204 e. The number of anilines is 2. The van der Waals surface area contributed by atoms with Gasteiger partial charge in [0.25, 0.3) is 0 Å². The summed E-state index contributed by atoms with van der Waals surface area (Å²) in [6.45, 7) is 2.19. The van der Waals surface area contributed by atoms with Gasteiger partial charge in [0.1, 0.15) is 6.33 Å². The summed E-state index contributed by atoms with van der Waals surface area (Å²) in [4.78, 5) is 11.1. The van der Waals surface area contributed by atoms with E-state index in [1.165, 1.54) is 32.1 Å². The van der Waals surface area contributed by atoms with Gasteiger partial charge in [0, 0.05) is 20.1 Å². The zero-order valence-corrected chi connectivity index (χ0v) is 12.4. The van der Waals surface area contributed by atoms with Crippen molar-refractivity contribution >= 4 is 11.6 Å². The van der Waals surface area contributed by atoms with Crippen LogP contribution in [-0.4, -0.2) is 37.2 Å². The van der Waals surface area contributed by atoms with Crippen LogP contribution < -0.4 is 15.0 Å². The molecule has 20 heavy (non-hydrogen) atoms. The molecule has 1 aliphatic heterocycles. The lowest BCUT2D eigenvalue weighted by atomic mass is 9.75. The fourth-order valence-corrected chi connectivity index (χ4v) is 3.75. The van der Waals surface area contributed by atoms with Crippen molar-refractivity contribution in [2.24, 2.45) is 11.8 Å². The number of methoxy groups -OCH3 is 1. The minimum absolute atomic E-state index is 0.767. The Bertz CT molecular complexity index is 465.